The van der Waals surface area contributed by atoms with Crippen molar-refractivity contribution in [1.29, 1.82) is 5.26 Å². The number of methoxy groups -OCH3 is 1. The molecule has 1 aliphatic rings. The molecule has 0 aliphatic carbocycles. The first-order valence-corrected chi connectivity index (χ1v) is 12.5. The number of nitriles is 1. The summed E-state index contributed by atoms with van der Waals surface area (Å²) in [6.07, 6.45) is 0.795. The monoisotopic (exact) mass is 496 g/mol. The van der Waals surface area contributed by atoms with Crippen LogP contribution in [-0.2, 0) is 16.1 Å². The highest BCUT2D eigenvalue weighted by molar-refractivity contribution is 5.83. The first-order valence-electron chi connectivity index (χ1n) is 12.5. The zero-order valence-corrected chi connectivity index (χ0v) is 21.2. The lowest BCUT2D eigenvalue weighted by molar-refractivity contribution is -0.133. The van der Waals surface area contributed by atoms with Crippen molar-refractivity contribution in [3.63, 3.8) is 0 Å². The fraction of sp³-hybridized carbons (Fsp3) is 0.300. The Kier molecular flexibility index (Phi) is 8.55. The Morgan fingerprint density at radius 1 is 1.05 bits per heavy atom. The Bertz CT molecular complexity index is 1270. The lowest BCUT2D eigenvalue weighted by Gasteiger charge is -2.39. The van der Waals surface area contributed by atoms with Crippen LogP contribution < -0.4 is 15.4 Å². The number of carbonyl (C=O) groups is 2. The number of hydrogen-bond acceptors (Lipinski definition) is 5. The number of benzene rings is 3. The molecule has 2 amide bonds. The van der Waals surface area contributed by atoms with Crippen LogP contribution in [0.15, 0.2) is 72.8 Å². The third kappa shape index (κ3) is 6.54. The van der Waals surface area contributed by atoms with E-state index in [0.29, 0.717) is 25.2 Å². The van der Waals surface area contributed by atoms with Crippen LogP contribution in [0.5, 0.6) is 5.75 Å². The fourth-order valence-electron chi connectivity index (χ4n) is 4.85. The number of amides is 2. The van der Waals surface area contributed by atoms with Gasteiger partial charge in [0.05, 0.1) is 25.3 Å². The molecule has 4 rings (SSSR count). The third-order valence-electron chi connectivity index (χ3n) is 6.86. The van der Waals surface area contributed by atoms with Crippen LogP contribution in [0.3, 0.4) is 0 Å². The van der Waals surface area contributed by atoms with Crippen LogP contribution in [0.1, 0.15) is 36.0 Å². The number of carbonyl (C=O) groups excluding carboxylic acids is 2. The summed E-state index contributed by atoms with van der Waals surface area (Å²) < 4.78 is 5.65. The van der Waals surface area contributed by atoms with E-state index in [0.717, 1.165) is 28.9 Å². The van der Waals surface area contributed by atoms with Crippen molar-refractivity contribution in [2.45, 2.75) is 31.8 Å². The van der Waals surface area contributed by atoms with Gasteiger partial charge in [-0.15, -0.1) is 0 Å². The molecule has 1 fully saturated rings. The summed E-state index contributed by atoms with van der Waals surface area (Å²) in [4.78, 5) is 25.8. The van der Waals surface area contributed by atoms with E-state index in [-0.39, 0.29) is 30.3 Å². The minimum atomic E-state index is -0.207. The number of nitrogens with one attached hydrogen (secondary N) is 2. The zero-order valence-electron chi connectivity index (χ0n) is 21.2. The van der Waals surface area contributed by atoms with Crippen molar-refractivity contribution in [2.75, 3.05) is 26.7 Å². The molecule has 2 atom stereocenters. The van der Waals surface area contributed by atoms with Gasteiger partial charge in [-0.05, 0) is 47.4 Å². The van der Waals surface area contributed by atoms with Gasteiger partial charge in [0, 0.05) is 44.1 Å². The molecule has 1 aliphatic heterocycles. The van der Waals surface area contributed by atoms with Gasteiger partial charge < -0.3 is 20.3 Å². The zero-order chi connectivity index (χ0) is 26.2. The van der Waals surface area contributed by atoms with Gasteiger partial charge in [-0.3, -0.25) is 9.59 Å². The molecule has 0 aromatic heterocycles. The van der Waals surface area contributed by atoms with Crippen LogP contribution in [0, 0.1) is 11.3 Å². The Balaban J connectivity index is 1.51. The highest BCUT2D eigenvalue weighted by atomic mass is 16.5. The van der Waals surface area contributed by atoms with Crippen LogP contribution in [0.2, 0.25) is 0 Å². The van der Waals surface area contributed by atoms with Gasteiger partial charge in [0.25, 0.3) is 0 Å². The van der Waals surface area contributed by atoms with Crippen LogP contribution >= 0.6 is 0 Å². The number of piperidine rings is 1. The molecule has 0 unspecified atom stereocenters. The standard InChI is InChI=1S/C30H32N4O3/c1-21(35)32-19-30(36)34-15-14-28(27(20-34)24-6-4-3-5-7-24)33-18-26-16-25(12-13-29(26)37-2)23-10-8-22(17-31)9-11-23/h3-13,16,27-28,33H,14-15,18-20H2,1-2H3,(H,32,35)/t27-,28-/m0/s1. The summed E-state index contributed by atoms with van der Waals surface area (Å²) in [5.41, 5.74) is 4.94. The van der Waals surface area contributed by atoms with E-state index in [1.165, 1.54) is 12.5 Å². The van der Waals surface area contributed by atoms with Gasteiger partial charge in [-0.1, -0.05) is 48.5 Å². The normalized spacial score (nSPS) is 17.1. The van der Waals surface area contributed by atoms with Crippen molar-refractivity contribution < 1.29 is 14.3 Å². The average Bonchev–Trinajstić information content (AvgIpc) is 2.95. The molecule has 7 heteroatoms. The molecule has 3 aromatic carbocycles. The van der Waals surface area contributed by atoms with Crippen molar-refractivity contribution >= 4 is 11.8 Å². The van der Waals surface area contributed by atoms with Gasteiger partial charge in [-0.2, -0.15) is 5.26 Å². The maximum atomic E-state index is 12.7. The summed E-state index contributed by atoms with van der Waals surface area (Å²) in [5.74, 6) is 0.654. The second-order valence-electron chi connectivity index (χ2n) is 9.26. The molecule has 0 spiro atoms. The maximum absolute atomic E-state index is 12.7. The first-order chi connectivity index (χ1) is 18.0. The van der Waals surface area contributed by atoms with E-state index >= 15 is 0 Å². The molecular weight excluding hydrogens is 464 g/mol. The molecule has 3 aromatic rings. The van der Waals surface area contributed by atoms with Crippen molar-refractivity contribution in [1.82, 2.24) is 15.5 Å². The molecule has 37 heavy (non-hydrogen) atoms. The smallest absolute Gasteiger partial charge is 0.241 e. The molecule has 0 saturated carbocycles. The van der Waals surface area contributed by atoms with Crippen molar-refractivity contribution in [3.8, 4) is 22.9 Å². The topological polar surface area (TPSA) is 94.5 Å². The van der Waals surface area contributed by atoms with Gasteiger partial charge in [0.15, 0.2) is 0 Å². The molecular formula is C30H32N4O3. The first kappa shape index (κ1) is 25.9. The molecule has 1 saturated heterocycles. The van der Waals surface area contributed by atoms with Gasteiger partial charge >= 0.3 is 0 Å². The predicted molar refractivity (Wildman–Crippen MR) is 143 cm³/mol. The lowest BCUT2D eigenvalue weighted by atomic mass is 9.85. The number of rotatable bonds is 8. The Morgan fingerprint density at radius 3 is 2.46 bits per heavy atom. The second kappa shape index (κ2) is 12.2. The minimum Gasteiger partial charge on any atom is -0.496 e. The number of nitrogens with zero attached hydrogens (tertiary/aromatic N) is 2. The molecule has 7 nitrogen and oxygen atoms in total. The van der Waals surface area contributed by atoms with E-state index in [9.17, 15) is 9.59 Å². The maximum Gasteiger partial charge on any atom is 0.241 e. The van der Waals surface area contributed by atoms with Crippen molar-refractivity contribution in [2.24, 2.45) is 0 Å². The molecule has 0 radical (unpaired) electrons. The highest BCUT2D eigenvalue weighted by Gasteiger charge is 2.32. The summed E-state index contributed by atoms with van der Waals surface area (Å²) >= 11 is 0. The summed E-state index contributed by atoms with van der Waals surface area (Å²) in [6, 6.07) is 26.2. The Morgan fingerprint density at radius 2 is 1.78 bits per heavy atom. The minimum absolute atomic E-state index is 0.0221. The number of hydrogen-bond donors (Lipinski definition) is 2. The third-order valence-corrected chi connectivity index (χ3v) is 6.86. The van der Waals surface area contributed by atoms with Gasteiger partial charge in [-0.25, -0.2) is 0 Å². The van der Waals surface area contributed by atoms with Crippen LogP contribution in [0.25, 0.3) is 11.1 Å². The largest absolute Gasteiger partial charge is 0.496 e. The van der Waals surface area contributed by atoms with E-state index in [4.69, 9.17) is 10.00 Å². The Labute approximate surface area is 218 Å². The van der Waals surface area contributed by atoms with Crippen LogP contribution in [0.4, 0.5) is 0 Å². The van der Waals surface area contributed by atoms with E-state index < -0.39 is 0 Å². The number of likely N-dealkylation sites (tertiary alicyclic amines) is 1. The Hall–Kier alpha value is -4.15. The van der Waals surface area contributed by atoms with Gasteiger partial charge in [0.1, 0.15) is 5.75 Å². The number of ether oxygens (including phenoxy) is 1. The predicted octanol–water partition coefficient (Wildman–Crippen LogP) is 3.84. The SMILES string of the molecule is COc1ccc(-c2ccc(C#N)cc2)cc1CN[C@H]1CCN(C(=O)CNC(C)=O)C[C@H]1c1ccccc1. The van der Waals surface area contributed by atoms with Crippen molar-refractivity contribution in [3.05, 3.63) is 89.5 Å². The average molecular weight is 497 g/mol. The van der Waals surface area contributed by atoms with Crippen LogP contribution in [-0.4, -0.2) is 49.5 Å². The molecule has 0 bridgehead atoms. The molecule has 1 heterocycles. The van der Waals surface area contributed by atoms with E-state index in [1.54, 1.807) is 7.11 Å². The summed E-state index contributed by atoms with van der Waals surface area (Å²) in [7, 11) is 1.67. The quantitative estimate of drug-likeness (QED) is 0.494. The summed E-state index contributed by atoms with van der Waals surface area (Å²) in [6.45, 7) is 3.26. The van der Waals surface area contributed by atoms with E-state index in [2.05, 4.69) is 34.9 Å². The second-order valence-corrected chi connectivity index (χ2v) is 9.26. The molecule has 2 N–H and O–H groups in total. The summed E-state index contributed by atoms with van der Waals surface area (Å²) in [5, 5.41) is 15.4. The van der Waals surface area contributed by atoms with E-state index in [1.807, 2.05) is 59.5 Å². The lowest BCUT2D eigenvalue weighted by Crippen LogP contribution is -2.51. The highest BCUT2D eigenvalue weighted by Crippen LogP contribution is 2.30. The molecule has 190 valence electrons. The fourth-order valence-corrected chi connectivity index (χ4v) is 4.85. The van der Waals surface area contributed by atoms with Gasteiger partial charge in [0.2, 0.25) is 11.8 Å².